The van der Waals surface area contributed by atoms with Crippen LogP contribution in [0.5, 0.6) is 17.2 Å². The smallest absolute Gasteiger partial charge is 0.271 e. The van der Waals surface area contributed by atoms with Crippen molar-refractivity contribution in [3.05, 3.63) is 48.5 Å². The van der Waals surface area contributed by atoms with Gasteiger partial charge in [0.1, 0.15) is 12.4 Å². The number of nitrogens with zero attached hydrogens (tertiary/aromatic N) is 2. The van der Waals surface area contributed by atoms with E-state index >= 15 is 0 Å². The number of ether oxygens (including phenoxy) is 3. The molecule has 2 aromatic carbocycles. The first-order valence-electron chi connectivity index (χ1n) is 9.20. The highest BCUT2D eigenvalue weighted by Crippen LogP contribution is 2.31. The van der Waals surface area contributed by atoms with Crippen LogP contribution in [-0.4, -0.2) is 47.6 Å². The Morgan fingerprint density at radius 1 is 1.16 bits per heavy atom. The summed E-state index contributed by atoms with van der Waals surface area (Å²) >= 11 is 2.50. The number of rotatable bonds is 7. The van der Waals surface area contributed by atoms with Crippen LogP contribution in [0.2, 0.25) is 0 Å². The molecule has 0 fully saturated rings. The number of thioether (sulfide) groups is 1. The van der Waals surface area contributed by atoms with E-state index in [4.69, 9.17) is 14.2 Å². The average molecular weight is 459 g/mol. The van der Waals surface area contributed by atoms with Crippen molar-refractivity contribution < 1.29 is 23.8 Å². The largest absolute Gasteiger partial charge is 0.497 e. The molecule has 1 atom stereocenters. The van der Waals surface area contributed by atoms with Gasteiger partial charge in [0, 0.05) is 5.69 Å². The topological polar surface area (TPSA) is 112 Å². The maximum Gasteiger partial charge on any atom is 0.271 e. The first-order chi connectivity index (χ1) is 15.1. The van der Waals surface area contributed by atoms with Crippen LogP contribution < -0.4 is 24.8 Å². The van der Waals surface area contributed by atoms with Crippen LogP contribution in [0.1, 0.15) is 0 Å². The van der Waals surface area contributed by atoms with Gasteiger partial charge in [0.25, 0.3) is 5.91 Å². The Kier molecular flexibility index (Phi) is 6.53. The molecule has 0 saturated carbocycles. The van der Waals surface area contributed by atoms with Crippen LogP contribution in [0.4, 0.5) is 10.8 Å². The monoisotopic (exact) mass is 458 g/mol. The SMILES string of the molecule is COc1ccc(Nc2nnc(SCC(=O)NC(=O)[C@H]3COc4ccccc4O3)s2)cc1. The summed E-state index contributed by atoms with van der Waals surface area (Å²) in [6, 6.07) is 14.5. The summed E-state index contributed by atoms with van der Waals surface area (Å²) in [7, 11) is 1.61. The van der Waals surface area contributed by atoms with E-state index in [1.54, 1.807) is 25.3 Å². The summed E-state index contributed by atoms with van der Waals surface area (Å²) < 4.78 is 16.8. The van der Waals surface area contributed by atoms with Gasteiger partial charge in [-0.25, -0.2) is 0 Å². The number of benzene rings is 2. The minimum atomic E-state index is -0.884. The van der Waals surface area contributed by atoms with Crippen molar-refractivity contribution >= 4 is 45.7 Å². The molecule has 0 bridgehead atoms. The Morgan fingerprint density at radius 2 is 1.94 bits per heavy atom. The van der Waals surface area contributed by atoms with E-state index in [1.807, 2.05) is 30.3 Å². The van der Waals surface area contributed by atoms with Crippen molar-refractivity contribution in [1.29, 1.82) is 0 Å². The lowest BCUT2D eigenvalue weighted by molar-refractivity contribution is -0.135. The number of amides is 2. The standard InChI is InChI=1S/C20H18N4O5S2/c1-27-13-8-6-12(7-9-13)21-19-23-24-20(31-19)30-11-17(25)22-18(26)16-10-28-14-4-2-3-5-15(14)29-16/h2-9,16H,10-11H2,1H3,(H,21,23)(H,22,25,26)/t16-/m1/s1. The van der Waals surface area contributed by atoms with Crippen LogP contribution in [0.25, 0.3) is 0 Å². The van der Waals surface area contributed by atoms with E-state index in [0.717, 1.165) is 11.4 Å². The van der Waals surface area contributed by atoms with E-state index in [2.05, 4.69) is 20.8 Å². The maximum atomic E-state index is 12.3. The fraction of sp³-hybridized carbons (Fsp3) is 0.200. The number of carbonyl (C=O) groups excluding carboxylic acids is 2. The predicted molar refractivity (Wildman–Crippen MR) is 116 cm³/mol. The molecule has 9 nitrogen and oxygen atoms in total. The molecule has 1 aliphatic rings. The van der Waals surface area contributed by atoms with Gasteiger partial charge in [-0.2, -0.15) is 0 Å². The molecule has 160 valence electrons. The van der Waals surface area contributed by atoms with Gasteiger partial charge in [0.2, 0.25) is 17.1 Å². The van der Waals surface area contributed by atoms with E-state index in [9.17, 15) is 9.59 Å². The van der Waals surface area contributed by atoms with Crippen molar-refractivity contribution in [1.82, 2.24) is 15.5 Å². The van der Waals surface area contributed by atoms with Crippen LogP contribution in [0.15, 0.2) is 52.9 Å². The first-order valence-corrected chi connectivity index (χ1v) is 11.0. The minimum absolute atomic E-state index is 0.0209. The molecule has 0 aliphatic carbocycles. The number of hydrogen-bond donors (Lipinski definition) is 2. The minimum Gasteiger partial charge on any atom is -0.497 e. The van der Waals surface area contributed by atoms with Crippen LogP contribution in [0.3, 0.4) is 0 Å². The summed E-state index contributed by atoms with van der Waals surface area (Å²) in [4.78, 5) is 24.4. The molecule has 0 saturated heterocycles. The van der Waals surface area contributed by atoms with E-state index in [1.165, 1.54) is 23.1 Å². The Labute approximate surface area is 186 Å². The fourth-order valence-electron chi connectivity index (χ4n) is 2.65. The highest BCUT2D eigenvalue weighted by molar-refractivity contribution is 8.01. The van der Waals surface area contributed by atoms with Crippen LogP contribution in [0, 0.1) is 0 Å². The molecule has 4 rings (SSSR count). The van der Waals surface area contributed by atoms with Crippen molar-refractivity contribution in [3.8, 4) is 17.2 Å². The molecule has 1 aliphatic heterocycles. The second kappa shape index (κ2) is 9.67. The summed E-state index contributed by atoms with van der Waals surface area (Å²) in [5, 5.41) is 14.2. The predicted octanol–water partition coefficient (Wildman–Crippen LogP) is 2.87. The Hall–Kier alpha value is -3.31. The Morgan fingerprint density at radius 3 is 2.71 bits per heavy atom. The number of imide groups is 1. The molecule has 31 heavy (non-hydrogen) atoms. The summed E-state index contributed by atoms with van der Waals surface area (Å²) in [6.45, 7) is 0.0417. The number of carbonyl (C=O) groups is 2. The summed E-state index contributed by atoms with van der Waals surface area (Å²) in [5.74, 6) is 0.836. The van der Waals surface area contributed by atoms with Crippen molar-refractivity contribution in [2.75, 3.05) is 24.8 Å². The molecule has 11 heteroatoms. The quantitative estimate of drug-likeness (QED) is 0.516. The molecule has 0 radical (unpaired) electrons. The first kappa shape index (κ1) is 20.9. The molecular weight excluding hydrogens is 440 g/mol. The third kappa shape index (κ3) is 5.44. The van der Waals surface area contributed by atoms with Crippen molar-refractivity contribution in [2.45, 2.75) is 10.4 Å². The fourth-order valence-corrected chi connectivity index (χ4v) is 4.22. The molecular formula is C20H18N4O5S2. The highest BCUT2D eigenvalue weighted by atomic mass is 32.2. The number of fused-ring (bicyclic) bond motifs is 1. The lowest BCUT2D eigenvalue weighted by Gasteiger charge is -2.25. The average Bonchev–Trinajstić information content (AvgIpc) is 3.25. The lowest BCUT2D eigenvalue weighted by Crippen LogP contribution is -2.46. The van der Waals surface area contributed by atoms with Crippen molar-refractivity contribution in [2.24, 2.45) is 0 Å². The molecule has 3 aromatic rings. The number of hydrogen-bond acceptors (Lipinski definition) is 10. The van der Waals surface area contributed by atoms with Crippen molar-refractivity contribution in [3.63, 3.8) is 0 Å². The van der Waals surface area contributed by atoms with Gasteiger partial charge < -0.3 is 19.5 Å². The number of para-hydroxylation sites is 2. The van der Waals surface area contributed by atoms with Gasteiger partial charge in [-0.1, -0.05) is 35.2 Å². The van der Waals surface area contributed by atoms with Gasteiger partial charge in [-0.3, -0.25) is 14.9 Å². The van der Waals surface area contributed by atoms with Gasteiger partial charge in [-0.15, -0.1) is 10.2 Å². The number of methoxy groups -OCH3 is 1. The number of nitrogens with one attached hydrogen (secondary N) is 2. The second-order valence-corrected chi connectivity index (χ2v) is 8.49. The van der Waals surface area contributed by atoms with Gasteiger partial charge in [0.05, 0.1) is 12.9 Å². The summed E-state index contributed by atoms with van der Waals surface area (Å²) in [6.07, 6.45) is -0.884. The number of anilines is 2. The molecule has 2 heterocycles. The van der Waals surface area contributed by atoms with Gasteiger partial charge in [0.15, 0.2) is 15.8 Å². The zero-order chi connectivity index (χ0) is 21.6. The summed E-state index contributed by atoms with van der Waals surface area (Å²) in [5.41, 5.74) is 0.841. The van der Waals surface area contributed by atoms with Gasteiger partial charge in [-0.05, 0) is 36.4 Å². The van der Waals surface area contributed by atoms with E-state index in [0.29, 0.717) is 21.0 Å². The van der Waals surface area contributed by atoms with Gasteiger partial charge >= 0.3 is 0 Å². The molecule has 2 N–H and O–H groups in total. The zero-order valence-corrected chi connectivity index (χ0v) is 18.0. The van der Waals surface area contributed by atoms with E-state index in [-0.39, 0.29) is 12.4 Å². The Balaban J connectivity index is 1.24. The highest BCUT2D eigenvalue weighted by Gasteiger charge is 2.28. The number of aromatic nitrogens is 2. The normalized spacial score (nSPS) is 14.5. The van der Waals surface area contributed by atoms with Crippen LogP contribution in [-0.2, 0) is 9.59 Å². The third-order valence-corrected chi connectivity index (χ3v) is 6.11. The molecule has 0 spiro atoms. The second-order valence-electron chi connectivity index (χ2n) is 6.29. The Bertz CT molecular complexity index is 1070. The molecule has 0 unspecified atom stereocenters. The maximum absolute atomic E-state index is 12.3. The van der Waals surface area contributed by atoms with E-state index < -0.39 is 17.9 Å². The third-order valence-electron chi connectivity index (χ3n) is 4.14. The lowest BCUT2D eigenvalue weighted by atomic mass is 10.2. The zero-order valence-electron chi connectivity index (χ0n) is 16.4. The molecule has 1 aromatic heterocycles. The molecule has 2 amide bonds. The van der Waals surface area contributed by atoms with Crippen LogP contribution >= 0.6 is 23.1 Å².